The highest BCUT2D eigenvalue weighted by molar-refractivity contribution is 5.78. The van der Waals surface area contributed by atoms with Gasteiger partial charge >= 0.3 is 0 Å². The smallest absolute Gasteiger partial charge is 0.134 e. The van der Waals surface area contributed by atoms with Crippen LogP contribution in [0.3, 0.4) is 0 Å². The molecule has 0 aliphatic heterocycles. The summed E-state index contributed by atoms with van der Waals surface area (Å²) in [6.07, 6.45) is 3.54. The van der Waals surface area contributed by atoms with E-state index in [1.165, 1.54) is 0 Å². The number of aliphatic hydroxyl groups excluding tert-OH is 1. The van der Waals surface area contributed by atoms with Crippen molar-refractivity contribution < 1.29 is 9.52 Å². The highest BCUT2D eigenvalue weighted by Gasteiger charge is 2.11. The van der Waals surface area contributed by atoms with Crippen LogP contribution >= 0.6 is 0 Å². The van der Waals surface area contributed by atoms with Crippen molar-refractivity contribution in [3.8, 4) is 11.3 Å². The number of aromatic nitrogens is 2. The molecule has 0 atom stereocenters. The van der Waals surface area contributed by atoms with Gasteiger partial charge in [-0.05, 0) is 29.3 Å². The Bertz CT molecular complexity index is 939. The standard InChI is InChI=1S/C19H16N2O2/c22-13-14-7-8-17(19-6-3-9-23-19)16(10-14)12-21-18-5-2-1-4-15(18)11-20-21/h1-11,22H,12-13H2. The molecule has 2 aromatic heterocycles. The molecule has 1 N–H and O–H groups in total. The van der Waals surface area contributed by atoms with Crippen molar-refractivity contribution in [1.82, 2.24) is 9.78 Å². The second-order valence-electron chi connectivity index (χ2n) is 5.49. The second kappa shape index (κ2) is 5.74. The van der Waals surface area contributed by atoms with Gasteiger partial charge in [0, 0.05) is 10.9 Å². The molecule has 114 valence electrons. The molecule has 0 fully saturated rings. The molecule has 2 aromatic carbocycles. The quantitative estimate of drug-likeness (QED) is 0.623. The summed E-state index contributed by atoms with van der Waals surface area (Å²) in [5, 5.41) is 15.0. The average molecular weight is 304 g/mol. The van der Waals surface area contributed by atoms with Gasteiger partial charge in [0.25, 0.3) is 0 Å². The molecule has 2 heterocycles. The van der Waals surface area contributed by atoms with Crippen molar-refractivity contribution in [3.05, 3.63) is 78.2 Å². The van der Waals surface area contributed by atoms with Gasteiger partial charge in [0.05, 0.1) is 31.1 Å². The Morgan fingerprint density at radius 2 is 1.96 bits per heavy atom. The number of hydrogen-bond donors (Lipinski definition) is 1. The van der Waals surface area contributed by atoms with E-state index in [2.05, 4.69) is 17.2 Å². The Kier molecular flexibility index (Phi) is 3.44. The van der Waals surface area contributed by atoms with Gasteiger partial charge in [-0.15, -0.1) is 0 Å². The van der Waals surface area contributed by atoms with Crippen molar-refractivity contribution in [2.75, 3.05) is 0 Å². The first-order valence-corrected chi connectivity index (χ1v) is 7.52. The maximum Gasteiger partial charge on any atom is 0.134 e. The molecule has 0 bridgehead atoms. The van der Waals surface area contributed by atoms with E-state index in [-0.39, 0.29) is 6.61 Å². The van der Waals surface area contributed by atoms with Crippen LogP contribution in [-0.2, 0) is 13.2 Å². The van der Waals surface area contributed by atoms with Crippen molar-refractivity contribution in [2.45, 2.75) is 13.2 Å². The van der Waals surface area contributed by atoms with Gasteiger partial charge < -0.3 is 9.52 Å². The van der Waals surface area contributed by atoms with Gasteiger partial charge in [-0.3, -0.25) is 4.68 Å². The zero-order valence-corrected chi connectivity index (χ0v) is 12.5. The number of para-hydroxylation sites is 1. The molecule has 0 amide bonds. The third-order valence-corrected chi connectivity index (χ3v) is 4.01. The molecule has 23 heavy (non-hydrogen) atoms. The van der Waals surface area contributed by atoms with E-state index in [9.17, 15) is 5.11 Å². The Morgan fingerprint density at radius 3 is 2.78 bits per heavy atom. The van der Waals surface area contributed by atoms with E-state index in [0.29, 0.717) is 6.54 Å². The number of fused-ring (bicyclic) bond motifs is 1. The minimum Gasteiger partial charge on any atom is -0.464 e. The Morgan fingerprint density at radius 1 is 1.04 bits per heavy atom. The maximum absolute atomic E-state index is 9.44. The molecule has 0 radical (unpaired) electrons. The lowest BCUT2D eigenvalue weighted by atomic mass is 10.0. The lowest BCUT2D eigenvalue weighted by molar-refractivity contribution is 0.281. The molecule has 4 aromatic rings. The molecule has 4 nitrogen and oxygen atoms in total. The van der Waals surface area contributed by atoms with Crippen LogP contribution in [0.4, 0.5) is 0 Å². The van der Waals surface area contributed by atoms with E-state index in [0.717, 1.165) is 33.4 Å². The molecule has 0 spiro atoms. The van der Waals surface area contributed by atoms with Gasteiger partial charge in [-0.1, -0.05) is 36.4 Å². The fraction of sp³-hybridized carbons (Fsp3) is 0.105. The van der Waals surface area contributed by atoms with Gasteiger partial charge in [-0.2, -0.15) is 5.10 Å². The van der Waals surface area contributed by atoms with Gasteiger partial charge in [0.15, 0.2) is 0 Å². The first-order valence-electron chi connectivity index (χ1n) is 7.52. The fourth-order valence-electron chi connectivity index (χ4n) is 2.86. The third kappa shape index (κ3) is 2.53. The van der Waals surface area contributed by atoms with Crippen LogP contribution in [0.5, 0.6) is 0 Å². The van der Waals surface area contributed by atoms with Gasteiger partial charge in [-0.25, -0.2) is 0 Å². The summed E-state index contributed by atoms with van der Waals surface area (Å²) in [5.74, 6) is 0.820. The number of hydrogen-bond acceptors (Lipinski definition) is 3. The SMILES string of the molecule is OCc1ccc(-c2ccco2)c(Cn2ncc3ccccc32)c1. The maximum atomic E-state index is 9.44. The normalized spacial score (nSPS) is 11.2. The molecule has 0 unspecified atom stereocenters. The molecule has 0 saturated heterocycles. The average Bonchev–Trinajstić information content (AvgIpc) is 3.25. The van der Waals surface area contributed by atoms with Crippen LogP contribution in [0, 0.1) is 0 Å². The van der Waals surface area contributed by atoms with E-state index in [1.54, 1.807) is 6.26 Å². The van der Waals surface area contributed by atoms with Crippen molar-refractivity contribution in [2.24, 2.45) is 0 Å². The number of furan rings is 1. The molecule has 4 heteroatoms. The first-order chi connectivity index (χ1) is 11.3. The van der Waals surface area contributed by atoms with Gasteiger partial charge in [0.2, 0.25) is 0 Å². The first kappa shape index (κ1) is 13.8. The van der Waals surface area contributed by atoms with Crippen LogP contribution < -0.4 is 0 Å². The molecule has 0 saturated carbocycles. The van der Waals surface area contributed by atoms with Gasteiger partial charge in [0.1, 0.15) is 5.76 Å². The summed E-state index contributed by atoms with van der Waals surface area (Å²) in [4.78, 5) is 0. The summed E-state index contributed by atoms with van der Waals surface area (Å²) < 4.78 is 7.52. The fourth-order valence-corrected chi connectivity index (χ4v) is 2.86. The van der Waals surface area contributed by atoms with Crippen LogP contribution in [-0.4, -0.2) is 14.9 Å². The van der Waals surface area contributed by atoms with Crippen LogP contribution in [0.1, 0.15) is 11.1 Å². The Hall–Kier alpha value is -2.85. The lowest BCUT2D eigenvalue weighted by Gasteiger charge is -2.11. The van der Waals surface area contributed by atoms with E-state index < -0.39 is 0 Å². The summed E-state index contributed by atoms with van der Waals surface area (Å²) in [7, 11) is 0. The summed E-state index contributed by atoms with van der Waals surface area (Å²) in [6.45, 7) is 0.642. The summed E-state index contributed by atoms with van der Waals surface area (Å²) in [5.41, 5.74) is 4.06. The molecular weight excluding hydrogens is 288 g/mol. The summed E-state index contributed by atoms with van der Waals surface area (Å²) >= 11 is 0. The van der Waals surface area contributed by atoms with E-state index >= 15 is 0 Å². The topological polar surface area (TPSA) is 51.2 Å². The number of aliphatic hydroxyl groups is 1. The second-order valence-corrected chi connectivity index (χ2v) is 5.49. The third-order valence-electron chi connectivity index (χ3n) is 4.01. The van der Waals surface area contributed by atoms with Crippen LogP contribution in [0.2, 0.25) is 0 Å². The van der Waals surface area contributed by atoms with E-state index in [4.69, 9.17) is 4.42 Å². The molecule has 0 aliphatic carbocycles. The minimum atomic E-state index is 0.0191. The highest BCUT2D eigenvalue weighted by atomic mass is 16.3. The number of rotatable bonds is 4. The van der Waals surface area contributed by atoms with Crippen molar-refractivity contribution in [1.29, 1.82) is 0 Å². The predicted octanol–water partition coefficient (Wildman–Crippen LogP) is 3.84. The molecule has 0 aliphatic rings. The highest BCUT2D eigenvalue weighted by Crippen LogP contribution is 2.27. The number of nitrogens with zero attached hydrogens (tertiary/aromatic N) is 2. The zero-order chi connectivity index (χ0) is 15.6. The van der Waals surface area contributed by atoms with Crippen LogP contribution in [0.15, 0.2) is 71.5 Å². The Labute approximate surface area is 133 Å². The largest absolute Gasteiger partial charge is 0.464 e. The molecule has 4 rings (SSSR count). The zero-order valence-electron chi connectivity index (χ0n) is 12.5. The van der Waals surface area contributed by atoms with Crippen molar-refractivity contribution in [3.63, 3.8) is 0 Å². The minimum absolute atomic E-state index is 0.0191. The molecular formula is C19H16N2O2. The lowest BCUT2D eigenvalue weighted by Crippen LogP contribution is -2.03. The summed E-state index contributed by atoms with van der Waals surface area (Å²) in [6, 6.07) is 17.9. The predicted molar refractivity (Wildman–Crippen MR) is 88.9 cm³/mol. The Balaban J connectivity index is 1.81. The monoisotopic (exact) mass is 304 g/mol. The van der Waals surface area contributed by atoms with Crippen molar-refractivity contribution >= 4 is 10.9 Å². The number of benzene rings is 2. The van der Waals surface area contributed by atoms with Crippen LogP contribution in [0.25, 0.3) is 22.2 Å². The van der Waals surface area contributed by atoms with E-state index in [1.807, 2.05) is 53.3 Å².